The first kappa shape index (κ1) is 15.5. The molecule has 2 aromatic rings. The van der Waals surface area contributed by atoms with Crippen LogP contribution in [-0.2, 0) is 6.42 Å². The van der Waals surface area contributed by atoms with Crippen molar-refractivity contribution < 1.29 is 4.74 Å². The number of rotatable bonds is 5. The second-order valence-electron chi connectivity index (χ2n) is 4.44. The molecule has 0 fully saturated rings. The molecule has 0 saturated carbocycles. The van der Waals surface area contributed by atoms with E-state index in [1.807, 2.05) is 30.3 Å². The van der Waals surface area contributed by atoms with Gasteiger partial charge in [-0.2, -0.15) is 0 Å². The number of methoxy groups -OCH3 is 1. The fraction of sp³-hybridized carbons (Fsp3) is 0.200. The summed E-state index contributed by atoms with van der Waals surface area (Å²) >= 11 is 7.03. The molecule has 1 unspecified atom stereocenters. The Morgan fingerprint density at radius 1 is 1.20 bits per heavy atom. The van der Waals surface area contributed by atoms with Crippen LogP contribution < -0.4 is 16.0 Å². The number of nitrogens with two attached hydrogens (primary N) is 1. The van der Waals surface area contributed by atoms with Crippen molar-refractivity contribution in [2.24, 2.45) is 5.84 Å². The van der Waals surface area contributed by atoms with E-state index in [9.17, 15) is 0 Å². The molecule has 0 aromatic heterocycles. The number of halogens is 2. The molecule has 5 heteroatoms. The molecule has 2 aromatic carbocycles. The average Bonchev–Trinajstić information content (AvgIpc) is 2.45. The van der Waals surface area contributed by atoms with Gasteiger partial charge in [-0.05, 0) is 41.8 Å². The van der Waals surface area contributed by atoms with E-state index in [1.54, 1.807) is 7.11 Å². The Balaban J connectivity index is 2.23. The summed E-state index contributed by atoms with van der Waals surface area (Å²) in [5.74, 6) is 6.57. The summed E-state index contributed by atoms with van der Waals surface area (Å²) < 4.78 is 7.31. The molecule has 0 aliphatic carbocycles. The van der Waals surface area contributed by atoms with Crippen molar-refractivity contribution in [3.63, 3.8) is 0 Å². The maximum Gasteiger partial charge on any atom is 0.119 e. The molecule has 3 N–H and O–H groups in total. The summed E-state index contributed by atoms with van der Waals surface area (Å²) in [6.45, 7) is 0. The highest BCUT2D eigenvalue weighted by Gasteiger charge is 2.14. The average molecular weight is 400 g/mol. The van der Waals surface area contributed by atoms with Crippen molar-refractivity contribution in [3.8, 4) is 5.75 Å². The molecule has 0 aliphatic heterocycles. The van der Waals surface area contributed by atoms with Crippen LogP contribution in [0.5, 0.6) is 5.75 Å². The van der Waals surface area contributed by atoms with Crippen molar-refractivity contribution in [2.75, 3.05) is 7.11 Å². The van der Waals surface area contributed by atoms with Crippen LogP contribution in [0.4, 0.5) is 0 Å². The Kier molecular flexibility index (Phi) is 5.60. The van der Waals surface area contributed by atoms with E-state index in [2.05, 4.69) is 49.4 Å². The standard InChI is InChI=1S/C15H16Br2N2O/c1-20-12-4-2-3-10(7-12)8-15(19-18)13-6-5-11(16)9-14(13)17/h2-7,9,15,19H,8,18H2,1H3. The predicted molar refractivity (Wildman–Crippen MR) is 88.6 cm³/mol. The summed E-state index contributed by atoms with van der Waals surface area (Å²) in [6, 6.07) is 14.1. The zero-order valence-corrected chi connectivity index (χ0v) is 14.2. The fourth-order valence-corrected chi connectivity index (χ4v) is 3.40. The van der Waals surface area contributed by atoms with Gasteiger partial charge in [0.05, 0.1) is 13.2 Å². The lowest BCUT2D eigenvalue weighted by Crippen LogP contribution is -2.29. The van der Waals surface area contributed by atoms with Gasteiger partial charge in [0.2, 0.25) is 0 Å². The van der Waals surface area contributed by atoms with Crippen LogP contribution in [0.1, 0.15) is 17.2 Å². The monoisotopic (exact) mass is 398 g/mol. The van der Waals surface area contributed by atoms with E-state index in [0.717, 1.165) is 26.7 Å². The number of ether oxygens (including phenoxy) is 1. The van der Waals surface area contributed by atoms with Crippen molar-refractivity contribution in [3.05, 3.63) is 62.5 Å². The first-order valence-electron chi connectivity index (χ1n) is 6.18. The van der Waals surface area contributed by atoms with Crippen molar-refractivity contribution in [1.82, 2.24) is 5.43 Å². The summed E-state index contributed by atoms with van der Waals surface area (Å²) in [5.41, 5.74) is 5.17. The highest BCUT2D eigenvalue weighted by molar-refractivity contribution is 9.11. The zero-order valence-electron chi connectivity index (χ0n) is 11.1. The molecular formula is C15H16Br2N2O. The Bertz CT molecular complexity index is 590. The van der Waals surface area contributed by atoms with Gasteiger partial charge in [-0.15, -0.1) is 0 Å². The SMILES string of the molecule is COc1cccc(CC(NN)c2ccc(Br)cc2Br)c1. The normalized spacial score (nSPS) is 12.2. The van der Waals surface area contributed by atoms with Crippen LogP contribution in [0.3, 0.4) is 0 Å². The number of benzene rings is 2. The molecule has 0 heterocycles. The number of hydrogen-bond acceptors (Lipinski definition) is 3. The van der Waals surface area contributed by atoms with Gasteiger partial charge in [-0.3, -0.25) is 11.3 Å². The van der Waals surface area contributed by atoms with Gasteiger partial charge in [0, 0.05) is 8.95 Å². The molecule has 106 valence electrons. The van der Waals surface area contributed by atoms with E-state index >= 15 is 0 Å². The summed E-state index contributed by atoms with van der Waals surface area (Å²) in [5, 5.41) is 0. The molecule has 3 nitrogen and oxygen atoms in total. The van der Waals surface area contributed by atoms with E-state index < -0.39 is 0 Å². The van der Waals surface area contributed by atoms with Crippen LogP contribution in [0.15, 0.2) is 51.4 Å². The van der Waals surface area contributed by atoms with E-state index in [4.69, 9.17) is 10.6 Å². The highest BCUT2D eigenvalue weighted by Crippen LogP contribution is 2.29. The summed E-state index contributed by atoms with van der Waals surface area (Å²) in [4.78, 5) is 0. The van der Waals surface area contributed by atoms with Crippen LogP contribution in [0.2, 0.25) is 0 Å². The summed E-state index contributed by atoms with van der Waals surface area (Å²) in [7, 11) is 1.67. The first-order valence-corrected chi connectivity index (χ1v) is 7.76. The molecule has 0 radical (unpaired) electrons. The fourth-order valence-electron chi connectivity index (χ4n) is 2.08. The van der Waals surface area contributed by atoms with Gasteiger partial charge in [0.15, 0.2) is 0 Å². The highest BCUT2D eigenvalue weighted by atomic mass is 79.9. The van der Waals surface area contributed by atoms with Gasteiger partial charge < -0.3 is 4.74 Å². The molecular weight excluding hydrogens is 384 g/mol. The van der Waals surface area contributed by atoms with E-state index in [1.165, 1.54) is 5.56 Å². The van der Waals surface area contributed by atoms with Crippen molar-refractivity contribution in [1.29, 1.82) is 0 Å². The van der Waals surface area contributed by atoms with Gasteiger partial charge in [-0.25, -0.2) is 0 Å². The van der Waals surface area contributed by atoms with Gasteiger partial charge in [0.25, 0.3) is 0 Å². The Labute approximate surface area is 135 Å². The maximum atomic E-state index is 5.72. The second kappa shape index (κ2) is 7.22. The molecule has 2 rings (SSSR count). The number of hydrogen-bond donors (Lipinski definition) is 2. The topological polar surface area (TPSA) is 47.3 Å². The third-order valence-electron chi connectivity index (χ3n) is 3.11. The largest absolute Gasteiger partial charge is 0.497 e. The van der Waals surface area contributed by atoms with Gasteiger partial charge in [0.1, 0.15) is 5.75 Å². The van der Waals surface area contributed by atoms with Crippen LogP contribution in [-0.4, -0.2) is 7.11 Å². The Hall–Kier alpha value is -0.880. The Morgan fingerprint density at radius 3 is 2.65 bits per heavy atom. The van der Waals surface area contributed by atoms with Crippen molar-refractivity contribution >= 4 is 31.9 Å². The lowest BCUT2D eigenvalue weighted by molar-refractivity contribution is 0.414. The predicted octanol–water partition coefficient (Wildman–Crippen LogP) is 3.97. The van der Waals surface area contributed by atoms with Crippen LogP contribution >= 0.6 is 31.9 Å². The lowest BCUT2D eigenvalue weighted by atomic mass is 9.99. The quantitative estimate of drug-likeness (QED) is 0.590. The second-order valence-corrected chi connectivity index (χ2v) is 6.21. The molecule has 0 bridgehead atoms. The molecule has 0 saturated heterocycles. The Morgan fingerprint density at radius 2 is 2.00 bits per heavy atom. The van der Waals surface area contributed by atoms with Crippen molar-refractivity contribution in [2.45, 2.75) is 12.5 Å². The van der Waals surface area contributed by atoms with Gasteiger partial charge in [-0.1, -0.05) is 50.1 Å². The molecule has 0 aliphatic rings. The first-order chi connectivity index (χ1) is 9.63. The maximum absolute atomic E-state index is 5.72. The van der Waals surface area contributed by atoms with Gasteiger partial charge >= 0.3 is 0 Å². The molecule has 1 atom stereocenters. The number of nitrogens with one attached hydrogen (secondary N) is 1. The van der Waals surface area contributed by atoms with Crippen LogP contribution in [0.25, 0.3) is 0 Å². The summed E-state index contributed by atoms with van der Waals surface area (Å²) in [6.07, 6.45) is 0.786. The van der Waals surface area contributed by atoms with E-state index in [0.29, 0.717) is 0 Å². The zero-order chi connectivity index (χ0) is 14.5. The smallest absolute Gasteiger partial charge is 0.119 e. The molecule has 0 amide bonds. The molecule has 0 spiro atoms. The van der Waals surface area contributed by atoms with Crippen LogP contribution in [0, 0.1) is 0 Å². The minimum atomic E-state index is 0.0320. The minimum absolute atomic E-state index is 0.0320. The number of hydrazine groups is 1. The molecule has 20 heavy (non-hydrogen) atoms. The third kappa shape index (κ3) is 3.82. The lowest BCUT2D eigenvalue weighted by Gasteiger charge is -2.18. The van der Waals surface area contributed by atoms with E-state index in [-0.39, 0.29) is 6.04 Å². The minimum Gasteiger partial charge on any atom is -0.497 e. The third-order valence-corrected chi connectivity index (χ3v) is 4.29.